The summed E-state index contributed by atoms with van der Waals surface area (Å²) in [6.45, 7) is 11.6. The minimum Gasteiger partial charge on any atom is -0.115 e. The highest BCUT2D eigenvalue weighted by Gasteiger charge is 2.51. The van der Waals surface area contributed by atoms with Crippen LogP contribution >= 0.6 is 0 Å². The molecule has 0 bridgehead atoms. The van der Waals surface area contributed by atoms with E-state index < -0.39 is 0 Å². The van der Waals surface area contributed by atoms with E-state index in [1.807, 2.05) is 0 Å². The van der Waals surface area contributed by atoms with Gasteiger partial charge in [-0.2, -0.15) is 0 Å². The molecule has 0 aromatic heterocycles. The maximum atomic E-state index is 5.50. The molecule has 1 aliphatic carbocycles. The van der Waals surface area contributed by atoms with Gasteiger partial charge in [-0.3, -0.25) is 0 Å². The second kappa shape index (κ2) is 4.05. The quantitative estimate of drug-likeness (QED) is 0.582. The van der Waals surface area contributed by atoms with Crippen molar-refractivity contribution in [3.63, 3.8) is 0 Å². The summed E-state index contributed by atoms with van der Waals surface area (Å²) >= 11 is 0. The van der Waals surface area contributed by atoms with Crippen molar-refractivity contribution in [3.05, 3.63) is 11.6 Å². The van der Waals surface area contributed by atoms with E-state index in [2.05, 4.69) is 46.6 Å². The minimum atomic E-state index is 0.214. The predicted octanol–water partition coefficient (Wildman–Crippen LogP) is 4.42. The van der Waals surface area contributed by atoms with Crippen molar-refractivity contribution in [2.75, 3.05) is 0 Å². The smallest absolute Gasteiger partial charge is 0.0246 e. The lowest BCUT2D eigenvalue weighted by Crippen LogP contribution is -2.29. The van der Waals surface area contributed by atoms with Crippen LogP contribution in [0.5, 0.6) is 0 Å². The van der Waals surface area contributed by atoms with Crippen molar-refractivity contribution in [3.8, 4) is 12.3 Å². The average Bonchev–Trinajstić information content (AvgIpc) is 2.88. The van der Waals surface area contributed by atoms with Gasteiger partial charge >= 0.3 is 0 Å². The molecular weight excluding hydrogens is 180 g/mol. The fraction of sp³-hybridized carbons (Fsp3) is 0.733. The Bertz CT molecular complexity index is 302. The lowest BCUT2D eigenvalue weighted by atomic mass is 9.66. The zero-order valence-corrected chi connectivity index (χ0v) is 10.9. The number of terminal acetylenes is 1. The van der Waals surface area contributed by atoms with E-state index in [0.29, 0.717) is 5.41 Å². The highest BCUT2D eigenvalue weighted by atomic mass is 14.5. The summed E-state index contributed by atoms with van der Waals surface area (Å²) in [5.41, 5.74) is 1.79. The van der Waals surface area contributed by atoms with Gasteiger partial charge in [-0.15, -0.1) is 6.42 Å². The molecule has 2 atom stereocenters. The van der Waals surface area contributed by atoms with Gasteiger partial charge < -0.3 is 0 Å². The molecule has 1 aliphatic rings. The second-order valence-electron chi connectivity index (χ2n) is 5.75. The van der Waals surface area contributed by atoms with Gasteiger partial charge in [-0.1, -0.05) is 53.0 Å². The predicted molar refractivity (Wildman–Crippen MR) is 67.5 cm³/mol. The number of hydrogen-bond donors (Lipinski definition) is 0. The molecule has 15 heavy (non-hydrogen) atoms. The Morgan fingerprint density at radius 1 is 1.53 bits per heavy atom. The molecule has 0 radical (unpaired) electrons. The fourth-order valence-electron chi connectivity index (χ4n) is 2.35. The van der Waals surface area contributed by atoms with Gasteiger partial charge in [0.2, 0.25) is 0 Å². The molecule has 84 valence electrons. The molecule has 0 N–H and O–H groups in total. The first-order chi connectivity index (χ1) is 6.89. The topological polar surface area (TPSA) is 0 Å². The summed E-state index contributed by atoms with van der Waals surface area (Å²) in [6.07, 6.45) is 11.6. The Kier molecular flexibility index (Phi) is 3.34. The van der Waals surface area contributed by atoms with E-state index >= 15 is 0 Å². The van der Waals surface area contributed by atoms with Crippen LogP contribution in [0, 0.1) is 29.1 Å². The third kappa shape index (κ3) is 2.12. The van der Waals surface area contributed by atoms with E-state index in [1.165, 1.54) is 24.8 Å². The maximum Gasteiger partial charge on any atom is 0.0246 e. The molecule has 0 saturated carbocycles. The molecule has 0 heterocycles. The summed E-state index contributed by atoms with van der Waals surface area (Å²) in [5, 5.41) is 0. The highest BCUT2D eigenvalue weighted by molar-refractivity contribution is 5.52. The third-order valence-corrected chi connectivity index (χ3v) is 4.37. The lowest BCUT2D eigenvalue weighted by molar-refractivity contribution is 0.161. The molecule has 0 aromatic carbocycles. The Labute approximate surface area is 95.2 Å². The van der Waals surface area contributed by atoms with Crippen LogP contribution in [0.25, 0.3) is 0 Å². The van der Waals surface area contributed by atoms with Crippen LogP contribution in [0.1, 0.15) is 53.9 Å². The van der Waals surface area contributed by atoms with Crippen molar-refractivity contribution < 1.29 is 0 Å². The summed E-state index contributed by atoms with van der Waals surface area (Å²) in [4.78, 5) is 0. The monoisotopic (exact) mass is 204 g/mol. The Balaban J connectivity index is 2.67. The van der Waals surface area contributed by atoms with E-state index in [9.17, 15) is 0 Å². The van der Waals surface area contributed by atoms with E-state index in [-0.39, 0.29) is 5.41 Å². The number of hydrogen-bond acceptors (Lipinski definition) is 0. The van der Waals surface area contributed by atoms with Crippen LogP contribution in [-0.2, 0) is 0 Å². The van der Waals surface area contributed by atoms with Crippen LogP contribution < -0.4 is 0 Å². The summed E-state index contributed by atoms with van der Waals surface area (Å²) in [5.74, 6) is 3.60. The van der Waals surface area contributed by atoms with Crippen LogP contribution in [0.2, 0.25) is 0 Å². The molecular formula is C15H24. The van der Waals surface area contributed by atoms with Crippen LogP contribution in [0.3, 0.4) is 0 Å². The molecule has 1 rings (SSSR count). The number of rotatable bonds is 5. The van der Waals surface area contributed by atoms with Crippen LogP contribution in [0.15, 0.2) is 11.6 Å². The second-order valence-corrected chi connectivity index (χ2v) is 5.75. The average molecular weight is 204 g/mol. The molecule has 0 spiro atoms. The maximum absolute atomic E-state index is 5.50. The number of allylic oxidation sites excluding steroid dienone is 2. The summed E-state index contributed by atoms with van der Waals surface area (Å²) in [7, 11) is 0. The first-order valence-electron chi connectivity index (χ1n) is 6.09. The van der Waals surface area contributed by atoms with Crippen LogP contribution in [-0.4, -0.2) is 0 Å². The molecule has 2 unspecified atom stereocenters. The highest BCUT2D eigenvalue weighted by Crippen LogP contribution is 2.60. The summed E-state index contributed by atoms with van der Waals surface area (Å²) in [6, 6.07) is 0. The van der Waals surface area contributed by atoms with Gasteiger partial charge in [0.15, 0.2) is 0 Å². The van der Waals surface area contributed by atoms with Crippen molar-refractivity contribution in [2.24, 2.45) is 16.7 Å². The van der Waals surface area contributed by atoms with Gasteiger partial charge in [0.05, 0.1) is 0 Å². The van der Waals surface area contributed by atoms with Crippen molar-refractivity contribution in [1.82, 2.24) is 0 Å². The molecule has 0 aliphatic heterocycles. The van der Waals surface area contributed by atoms with Gasteiger partial charge in [-0.05, 0) is 24.2 Å². The third-order valence-electron chi connectivity index (χ3n) is 4.37. The van der Waals surface area contributed by atoms with E-state index in [1.54, 1.807) is 0 Å². The van der Waals surface area contributed by atoms with E-state index in [4.69, 9.17) is 6.42 Å². The summed E-state index contributed by atoms with van der Waals surface area (Å²) < 4.78 is 0. The van der Waals surface area contributed by atoms with E-state index in [0.717, 1.165) is 5.92 Å². The zero-order chi connectivity index (χ0) is 11.7. The molecule has 0 nitrogen and oxygen atoms in total. The SMILES string of the molecule is C#CC1=CC1(C)C(C)(CC)CCC(C)C. The Morgan fingerprint density at radius 2 is 2.13 bits per heavy atom. The molecule has 0 aromatic rings. The van der Waals surface area contributed by atoms with Gasteiger partial charge in [0, 0.05) is 11.0 Å². The van der Waals surface area contributed by atoms with Gasteiger partial charge in [-0.25, -0.2) is 0 Å². The molecule has 0 saturated heterocycles. The van der Waals surface area contributed by atoms with Gasteiger partial charge in [0.1, 0.15) is 0 Å². The standard InChI is InChI=1S/C15H24/c1-7-13-11-15(13,6)14(5,8-2)10-9-12(3)4/h1,11-12H,8-10H2,2-6H3. The fourth-order valence-corrected chi connectivity index (χ4v) is 2.35. The first kappa shape index (κ1) is 12.4. The minimum absolute atomic E-state index is 0.214. The van der Waals surface area contributed by atoms with Crippen molar-refractivity contribution >= 4 is 0 Å². The van der Waals surface area contributed by atoms with Crippen molar-refractivity contribution in [2.45, 2.75) is 53.9 Å². The van der Waals surface area contributed by atoms with Gasteiger partial charge in [0.25, 0.3) is 0 Å². The molecule has 0 heteroatoms. The van der Waals surface area contributed by atoms with Crippen molar-refractivity contribution in [1.29, 1.82) is 0 Å². The zero-order valence-electron chi connectivity index (χ0n) is 10.9. The largest absolute Gasteiger partial charge is 0.115 e. The first-order valence-corrected chi connectivity index (χ1v) is 6.09. The Hall–Kier alpha value is -0.700. The molecule has 0 fully saturated rings. The lowest BCUT2D eigenvalue weighted by Gasteiger charge is -2.37. The molecule has 0 amide bonds. The van der Waals surface area contributed by atoms with Crippen LogP contribution in [0.4, 0.5) is 0 Å². The Morgan fingerprint density at radius 3 is 2.47 bits per heavy atom. The normalized spacial score (nSPS) is 28.2.